The maximum atomic E-state index is 12.2. The van der Waals surface area contributed by atoms with Gasteiger partial charge in [0.25, 0.3) is 0 Å². The van der Waals surface area contributed by atoms with E-state index < -0.39 is 22.0 Å². The van der Waals surface area contributed by atoms with Crippen molar-refractivity contribution in [3.8, 4) is 0 Å². The van der Waals surface area contributed by atoms with Gasteiger partial charge in [-0.1, -0.05) is 13.3 Å². The molecular formula is C12H19NO4S2. The highest BCUT2D eigenvalue weighted by atomic mass is 32.2. The second kappa shape index (κ2) is 6.49. The number of sulfonamides is 1. The van der Waals surface area contributed by atoms with Crippen LogP contribution in [0.5, 0.6) is 0 Å². The van der Waals surface area contributed by atoms with Gasteiger partial charge < -0.3 is 5.11 Å². The Hall–Kier alpha value is -0.920. The lowest BCUT2D eigenvalue weighted by Crippen LogP contribution is -2.36. The van der Waals surface area contributed by atoms with Crippen LogP contribution in [-0.2, 0) is 14.8 Å². The zero-order valence-electron chi connectivity index (χ0n) is 11.3. The third kappa shape index (κ3) is 4.59. The van der Waals surface area contributed by atoms with Crippen LogP contribution in [0.15, 0.2) is 11.0 Å². The van der Waals surface area contributed by atoms with E-state index in [0.717, 1.165) is 16.2 Å². The van der Waals surface area contributed by atoms with E-state index in [1.807, 2.05) is 13.8 Å². The van der Waals surface area contributed by atoms with Crippen LogP contribution in [0.25, 0.3) is 0 Å². The number of nitrogens with one attached hydrogen (secondary N) is 1. The molecule has 0 aromatic carbocycles. The molecule has 0 saturated heterocycles. The molecule has 0 aliphatic heterocycles. The van der Waals surface area contributed by atoms with Gasteiger partial charge in [-0.2, -0.15) is 0 Å². The summed E-state index contributed by atoms with van der Waals surface area (Å²) in [7, 11) is -3.64. The summed E-state index contributed by atoms with van der Waals surface area (Å²) in [5, 5.41) is 8.80. The highest BCUT2D eigenvalue weighted by Crippen LogP contribution is 2.25. The summed E-state index contributed by atoms with van der Waals surface area (Å²) in [6.45, 7) is 5.48. The fourth-order valence-electron chi connectivity index (χ4n) is 1.92. The van der Waals surface area contributed by atoms with Crippen molar-refractivity contribution in [1.29, 1.82) is 0 Å². The Morgan fingerprint density at radius 2 is 2.11 bits per heavy atom. The van der Waals surface area contributed by atoms with E-state index in [1.54, 1.807) is 13.0 Å². The molecule has 0 saturated carbocycles. The van der Waals surface area contributed by atoms with Gasteiger partial charge in [-0.3, -0.25) is 4.79 Å². The molecule has 0 amide bonds. The molecule has 1 heterocycles. The van der Waals surface area contributed by atoms with Crippen LogP contribution in [-0.4, -0.2) is 25.5 Å². The molecule has 0 radical (unpaired) electrons. The van der Waals surface area contributed by atoms with Gasteiger partial charge in [-0.15, -0.1) is 11.3 Å². The number of carboxylic acid groups (broad SMARTS) is 1. The minimum atomic E-state index is -3.64. The Labute approximate surface area is 117 Å². The topological polar surface area (TPSA) is 83.5 Å². The van der Waals surface area contributed by atoms with Gasteiger partial charge in [0.15, 0.2) is 0 Å². The normalized spacial score (nSPS) is 13.4. The first kappa shape index (κ1) is 16.1. The van der Waals surface area contributed by atoms with Crippen molar-refractivity contribution in [2.75, 3.05) is 0 Å². The van der Waals surface area contributed by atoms with E-state index >= 15 is 0 Å². The lowest BCUT2D eigenvalue weighted by atomic mass is 10.1. The minimum absolute atomic E-state index is 0.199. The molecule has 1 rings (SSSR count). The van der Waals surface area contributed by atoms with Crippen LogP contribution in [0, 0.1) is 13.8 Å². The van der Waals surface area contributed by atoms with Gasteiger partial charge in [0.05, 0.1) is 11.3 Å². The summed E-state index contributed by atoms with van der Waals surface area (Å²) in [5.74, 6) is -1.00. The average Bonchev–Trinajstić information content (AvgIpc) is 2.57. The lowest BCUT2D eigenvalue weighted by molar-refractivity contribution is -0.137. The third-order valence-corrected chi connectivity index (χ3v) is 5.41. The van der Waals surface area contributed by atoms with Gasteiger partial charge in [-0.05, 0) is 26.3 Å². The fourth-order valence-corrected chi connectivity index (χ4v) is 4.74. The van der Waals surface area contributed by atoms with E-state index in [4.69, 9.17) is 5.11 Å². The van der Waals surface area contributed by atoms with Crippen LogP contribution in [0.1, 0.15) is 35.9 Å². The van der Waals surface area contributed by atoms with Gasteiger partial charge in [-0.25, -0.2) is 13.1 Å². The van der Waals surface area contributed by atoms with Crippen LogP contribution >= 0.6 is 11.3 Å². The van der Waals surface area contributed by atoms with Crippen LogP contribution in [0.2, 0.25) is 0 Å². The first-order chi connectivity index (χ1) is 8.76. The fraction of sp³-hybridized carbons (Fsp3) is 0.583. The SMILES string of the molecule is CCCC(CC(=O)O)NS(=O)(=O)c1cc(C)sc1C. The van der Waals surface area contributed by atoms with E-state index in [9.17, 15) is 13.2 Å². The molecule has 2 N–H and O–H groups in total. The van der Waals surface area contributed by atoms with Crippen LogP contribution in [0.3, 0.4) is 0 Å². The Morgan fingerprint density at radius 3 is 2.53 bits per heavy atom. The quantitative estimate of drug-likeness (QED) is 0.809. The molecule has 5 nitrogen and oxygen atoms in total. The Bertz CT molecular complexity index is 548. The van der Waals surface area contributed by atoms with E-state index in [1.165, 1.54) is 11.3 Å². The molecule has 1 aromatic heterocycles. The molecule has 7 heteroatoms. The van der Waals surface area contributed by atoms with Gasteiger partial charge in [0.2, 0.25) is 10.0 Å². The summed E-state index contributed by atoms with van der Waals surface area (Å²) < 4.78 is 27.0. The summed E-state index contributed by atoms with van der Waals surface area (Å²) in [5.41, 5.74) is 0. The van der Waals surface area contributed by atoms with Crippen molar-refractivity contribution < 1.29 is 18.3 Å². The highest BCUT2D eigenvalue weighted by Gasteiger charge is 2.24. The lowest BCUT2D eigenvalue weighted by Gasteiger charge is -2.16. The maximum absolute atomic E-state index is 12.2. The van der Waals surface area contributed by atoms with Gasteiger partial charge in [0.1, 0.15) is 0 Å². The van der Waals surface area contributed by atoms with Crippen molar-refractivity contribution in [2.24, 2.45) is 0 Å². The molecule has 0 spiro atoms. The molecule has 0 aliphatic rings. The smallest absolute Gasteiger partial charge is 0.304 e. The molecule has 1 unspecified atom stereocenters. The molecule has 108 valence electrons. The molecule has 1 aromatic rings. The number of hydrogen-bond donors (Lipinski definition) is 2. The zero-order chi connectivity index (χ0) is 14.6. The van der Waals surface area contributed by atoms with Crippen molar-refractivity contribution in [1.82, 2.24) is 4.72 Å². The zero-order valence-corrected chi connectivity index (χ0v) is 12.9. The molecule has 0 fully saturated rings. The number of carbonyl (C=O) groups is 1. The first-order valence-electron chi connectivity index (χ1n) is 6.07. The van der Waals surface area contributed by atoms with Crippen molar-refractivity contribution in [3.05, 3.63) is 15.8 Å². The van der Waals surface area contributed by atoms with E-state index in [0.29, 0.717) is 6.42 Å². The molecule has 0 aliphatic carbocycles. The minimum Gasteiger partial charge on any atom is -0.481 e. The first-order valence-corrected chi connectivity index (χ1v) is 8.37. The van der Waals surface area contributed by atoms with E-state index in [2.05, 4.69) is 4.72 Å². The van der Waals surface area contributed by atoms with Crippen LogP contribution in [0.4, 0.5) is 0 Å². The third-order valence-electron chi connectivity index (χ3n) is 2.66. The summed E-state index contributed by atoms with van der Waals surface area (Å²) in [6.07, 6.45) is 1.03. The highest BCUT2D eigenvalue weighted by molar-refractivity contribution is 7.89. The Kier molecular flexibility index (Phi) is 5.51. The van der Waals surface area contributed by atoms with Gasteiger partial charge in [0, 0.05) is 15.8 Å². The number of aryl methyl sites for hydroxylation is 2. The largest absolute Gasteiger partial charge is 0.481 e. The number of rotatable bonds is 7. The number of thiophene rings is 1. The maximum Gasteiger partial charge on any atom is 0.304 e. The second-order valence-corrected chi connectivity index (χ2v) is 7.63. The standard InChI is InChI=1S/C12H19NO4S2/c1-4-5-10(7-12(14)15)13-19(16,17)11-6-8(2)18-9(11)3/h6,10,13H,4-5,7H2,1-3H3,(H,14,15). The molecule has 0 bridgehead atoms. The van der Waals surface area contributed by atoms with Crippen LogP contribution < -0.4 is 4.72 Å². The molecule has 19 heavy (non-hydrogen) atoms. The molecular weight excluding hydrogens is 286 g/mol. The summed E-state index contributed by atoms with van der Waals surface area (Å²) in [4.78, 5) is 12.6. The number of hydrogen-bond acceptors (Lipinski definition) is 4. The van der Waals surface area contributed by atoms with Gasteiger partial charge >= 0.3 is 5.97 Å². The number of aliphatic carboxylic acids is 1. The summed E-state index contributed by atoms with van der Waals surface area (Å²) in [6, 6.07) is 1.05. The predicted molar refractivity (Wildman–Crippen MR) is 75.1 cm³/mol. The monoisotopic (exact) mass is 305 g/mol. The van der Waals surface area contributed by atoms with Crippen molar-refractivity contribution >= 4 is 27.3 Å². The second-order valence-electron chi connectivity index (χ2n) is 4.48. The Balaban J connectivity index is 2.93. The van der Waals surface area contributed by atoms with Crippen molar-refractivity contribution in [3.63, 3.8) is 0 Å². The summed E-state index contributed by atoms with van der Waals surface area (Å²) >= 11 is 1.41. The Morgan fingerprint density at radius 1 is 1.47 bits per heavy atom. The van der Waals surface area contributed by atoms with E-state index in [-0.39, 0.29) is 11.3 Å². The number of carboxylic acids is 1. The predicted octanol–water partition coefficient (Wildman–Crippen LogP) is 2.29. The average molecular weight is 305 g/mol. The molecule has 1 atom stereocenters. The van der Waals surface area contributed by atoms with Crippen molar-refractivity contribution in [2.45, 2.75) is 51.0 Å².